The van der Waals surface area contributed by atoms with Gasteiger partial charge in [-0.1, -0.05) is 13.8 Å². The highest BCUT2D eigenvalue weighted by molar-refractivity contribution is 5.96. The van der Waals surface area contributed by atoms with Crippen molar-refractivity contribution in [1.29, 1.82) is 0 Å². The number of aldehydes is 1. The van der Waals surface area contributed by atoms with E-state index in [4.69, 9.17) is 14.2 Å². The number of fused-ring (bicyclic) bond motifs is 3. The van der Waals surface area contributed by atoms with Crippen LogP contribution in [0, 0.1) is 5.92 Å². The summed E-state index contributed by atoms with van der Waals surface area (Å²) in [4.78, 5) is 40.1. The van der Waals surface area contributed by atoms with Crippen LogP contribution in [0.2, 0.25) is 0 Å². The number of amides is 2. The maximum Gasteiger partial charge on any atom is 0.252 e. The SMILES string of the molecule is COc1cc(C=O)cc2c1O[C@@H]1[C@@H](O)[C@H](N(CCC(C)C)C(=O)C3CCCO3)C=C(C(=O)NCCO)[C@H]21. The molecule has 0 spiro atoms. The van der Waals surface area contributed by atoms with Crippen molar-refractivity contribution < 1.29 is 38.8 Å². The quantitative estimate of drug-likeness (QED) is 0.395. The largest absolute Gasteiger partial charge is 0.493 e. The summed E-state index contributed by atoms with van der Waals surface area (Å²) in [5.74, 6) is -0.381. The van der Waals surface area contributed by atoms with Crippen LogP contribution in [0.5, 0.6) is 11.5 Å². The number of nitrogens with one attached hydrogen (secondary N) is 1. The molecule has 2 aliphatic heterocycles. The molecule has 3 aliphatic rings. The van der Waals surface area contributed by atoms with Crippen LogP contribution in [-0.4, -0.2) is 91.0 Å². The lowest BCUT2D eigenvalue weighted by Gasteiger charge is -2.41. The molecule has 0 aromatic heterocycles. The van der Waals surface area contributed by atoms with Crippen molar-refractivity contribution in [2.24, 2.45) is 5.92 Å². The van der Waals surface area contributed by atoms with E-state index in [9.17, 15) is 24.6 Å². The minimum absolute atomic E-state index is 0.0398. The predicted molar refractivity (Wildman–Crippen MR) is 134 cm³/mol. The Balaban J connectivity index is 1.79. The Hall–Kier alpha value is -2.95. The second-order valence-electron chi connectivity index (χ2n) is 10.1. The van der Waals surface area contributed by atoms with E-state index in [0.29, 0.717) is 66.4 Å². The lowest BCUT2D eigenvalue weighted by Crippen LogP contribution is -2.57. The van der Waals surface area contributed by atoms with Gasteiger partial charge in [0.2, 0.25) is 5.91 Å². The Morgan fingerprint density at radius 1 is 1.32 bits per heavy atom. The van der Waals surface area contributed by atoms with Crippen LogP contribution in [-0.2, 0) is 14.3 Å². The molecule has 37 heavy (non-hydrogen) atoms. The molecular weight excluding hydrogens is 480 g/mol. The van der Waals surface area contributed by atoms with Crippen LogP contribution < -0.4 is 14.8 Å². The zero-order chi connectivity index (χ0) is 26.7. The van der Waals surface area contributed by atoms with Gasteiger partial charge >= 0.3 is 0 Å². The van der Waals surface area contributed by atoms with Gasteiger partial charge in [0.1, 0.15) is 24.6 Å². The molecular formula is C27H36N2O8. The Morgan fingerprint density at radius 3 is 2.73 bits per heavy atom. The number of rotatable bonds is 10. The molecule has 0 saturated carbocycles. The summed E-state index contributed by atoms with van der Waals surface area (Å²) in [5.41, 5.74) is 1.19. The third kappa shape index (κ3) is 5.37. The van der Waals surface area contributed by atoms with Crippen molar-refractivity contribution in [3.63, 3.8) is 0 Å². The fourth-order valence-electron chi connectivity index (χ4n) is 5.32. The van der Waals surface area contributed by atoms with Crippen molar-refractivity contribution in [2.45, 2.75) is 63.4 Å². The second-order valence-corrected chi connectivity index (χ2v) is 10.1. The molecule has 5 atom stereocenters. The Kier molecular flexibility index (Phi) is 8.51. The van der Waals surface area contributed by atoms with Crippen LogP contribution in [0.15, 0.2) is 23.8 Å². The molecule has 1 aromatic rings. The predicted octanol–water partition coefficient (Wildman–Crippen LogP) is 1.18. The van der Waals surface area contributed by atoms with Crippen molar-refractivity contribution in [3.8, 4) is 11.5 Å². The first-order valence-corrected chi connectivity index (χ1v) is 12.8. The summed E-state index contributed by atoms with van der Waals surface area (Å²) in [6, 6.07) is 2.33. The fraction of sp³-hybridized carbons (Fsp3) is 0.593. The summed E-state index contributed by atoms with van der Waals surface area (Å²) in [7, 11) is 1.45. The van der Waals surface area contributed by atoms with E-state index in [1.165, 1.54) is 13.2 Å². The zero-order valence-corrected chi connectivity index (χ0v) is 21.5. The van der Waals surface area contributed by atoms with Gasteiger partial charge < -0.3 is 34.6 Å². The van der Waals surface area contributed by atoms with Gasteiger partial charge in [-0.05, 0) is 43.4 Å². The van der Waals surface area contributed by atoms with E-state index >= 15 is 0 Å². The normalized spacial score (nSPS) is 26.1. The Morgan fingerprint density at radius 2 is 2.11 bits per heavy atom. The van der Waals surface area contributed by atoms with Gasteiger partial charge in [-0.3, -0.25) is 14.4 Å². The average molecular weight is 517 g/mol. The summed E-state index contributed by atoms with van der Waals surface area (Å²) in [5, 5.41) is 23.6. The van der Waals surface area contributed by atoms with E-state index in [1.807, 2.05) is 0 Å². The minimum atomic E-state index is -1.16. The third-order valence-electron chi connectivity index (χ3n) is 7.21. The van der Waals surface area contributed by atoms with Gasteiger partial charge in [-0.15, -0.1) is 0 Å². The molecule has 0 radical (unpaired) electrons. The Labute approximate surface area is 216 Å². The van der Waals surface area contributed by atoms with Gasteiger partial charge in [-0.25, -0.2) is 0 Å². The van der Waals surface area contributed by atoms with Crippen molar-refractivity contribution in [3.05, 3.63) is 34.9 Å². The first-order chi connectivity index (χ1) is 17.8. The maximum atomic E-state index is 13.6. The molecule has 1 fully saturated rings. The lowest BCUT2D eigenvalue weighted by molar-refractivity contribution is -0.146. The van der Waals surface area contributed by atoms with Crippen LogP contribution >= 0.6 is 0 Å². The highest BCUT2D eigenvalue weighted by Crippen LogP contribution is 2.51. The monoisotopic (exact) mass is 516 g/mol. The molecule has 1 saturated heterocycles. The van der Waals surface area contributed by atoms with Gasteiger partial charge in [-0.2, -0.15) is 0 Å². The number of nitrogens with zero attached hydrogens (tertiary/aromatic N) is 1. The second kappa shape index (κ2) is 11.6. The van der Waals surface area contributed by atoms with Crippen LogP contribution in [0.3, 0.4) is 0 Å². The molecule has 1 aromatic carbocycles. The number of methoxy groups -OCH3 is 1. The molecule has 1 aliphatic carbocycles. The number of carbonyl (C=O) groups is 3. The number of aliphatic hydroxyl groups excluding tert-OH is 2. The van der Waals surface area contributed by atoms with Gasteiger partial charge in [0.25, 0.3) is 5.91 Å². The zero-order valence-electron chi connectivity index (χ0n) is 21.5. The summed E-state index contributed by atoms with van der Waals surface area (Å²) >= 11 is 0. The molecule has 2 amide bonds. The molecule has 10 nitrogen and oxygen atoms in total. The molecule has 4 rings (SSSR count). The molecule has 1 unspecified atom stereocenters. The van der Waals surface area contributed by atoms with E-state index in [0.717, 1.165) is 6.42 Å². The van der Waals surface area contributed by atoms with E-state index in [-0.39, 0.29) is 19.1 Å². The smallest absolute Gasteiger partial charge is 0.252 e. The maximum absolute atomic E-state index is 13.6. The number of hydrogen-bond acceptors (Lipinski definition) is 8. The number of ether oxygens (including phenoxy) is 3. The molecule has 202 valence electrons. The van der Waals surface area contributed by atoms with Crippen molar-refractivity contribution >= 4 is 18.1 Å². The summed E-state index contributed by atoms with van der Waals surface area (Å²) in [6.07, 6.45) is 1.76. The van der Waals surface area contributed by atoms with Crippen LogP contribution in [0.1, 0.15) is 54.9 Å². The highest BCUT2D eigenvalue weighted by atomic mass is 16.5. The first kappa shape index (κ1) is 27.1. The van der Waals surface area contributed by atoms with Gasteiger partial charge in [0.05, 0.1) is 25.7 Å². The van der Waals surface area contributed by atoms with Gasteiger partial charge in [0, 0.05) is 36.4 Å². The molecule has 2 heterocycles. The first-order valence-electron chi connectivity index (χ1n) is 12.8. The minimum Gasteiger partial charge on any atom is -0.493 e. The van der Waals surface area contributed by atoms with Crippen molar-refractivity contribution in [1.82, 2.24) is 10.2 Å². The van der Waals surface area contributed by atoms with E-state index < -0.39 is 36.2 Å². The lowest BCUT2D eigenvalue weighted by atomic mass is 9.77. The number of hydrogen-bond donors (Lipinski definition) is 3. The molecule has 3 N–H and O–H groups in total. The van der Waals surface area contributed by atoms with Gasteiger partial charge in [0.15, 0.2) is 11.5 Å². The van der Waals surface area contributed by atoms with E-state index in [1.54, 1.807) is 17.0 Å². The topological polar surface area (TPSA) is 135 Å². The standard InChI is InChI=1S/C27H36N2O8/c1-15(2)6-8-29(27(34)20-5-4-10-36-20)19-13-18(26(33)28-7-9-30)22-17-11-16(14-31)12-21(35-3)24(17)37-25(22)23(19)32/h11-15,19-20,22-23,25,30,32H,4-10H2,1-3H3,(H,28,33)/t19-,20?,22+,23+,25+/m1/s1. The summed E-state index contributed by atoms with van der Waals surface area (Å²) in [6.45, 7) is 4.79. The number of benzene rings is 1. The highest BCUT2D eigenvalue weighted by Gasteiger charge is 2.52. The fourth-order valence-corrected chi connectivity index (χ4v) is 5.32. The molecule has 0 bridgehead atoms. The molecule has 10 heteroatoms. The average Bonchev–Trinajstić information content (AvgIpc) is 3.56. The number of carbonyl (C=O) groups excluding carboxylic acids is 3. The van der Waals surface area contributed by atoms with Crippen LogP contribution in [0.4, 0.5) is 0 Å². The van der Waals surface area contributed by atoms with E-state index in [2.05, 4.69) is 19.2 Å². The van der Waals surface area contributed by atoms with Crippen molar-refractivity contribution in [2.75, 3.05) is 33.4 Å². The third-order valence-corrected chi connectivity index (χ3v) is 7.21. The Bertz CT molecular complexity index is 1050. The summed E-state index contributed by atoms with van der Waals surface area (Å²) < 4.78 is 17.3. The number of aliphatic hydroxyl groups is 2. The van der Waals surface area contributed by atoms with Crippen LogP contribution in [0.25, 0.3) is 0 Å².